The SMILES string of the molecule is O=C(O)N1CCN(O)CC1. The van der Waals surface area contributed by atoms with Gasteiger partial charge in [0, 0.05) is 26.2 Å². The maximum atomic E-state index is 10.3. The third-order valence-electron chi connectivity index (χ3n) is 1.53. The number of hydroxylamine groups is 2. The minimum atomic E-state index is -0.909. The van der Waals surface area contributed by atoms with Gasteiger partial charge in [0.1, 0.15) is 0 Å². The third kappa shape index (κ3) is 1.58. The van der Waals surface area contributed by atoms with E-state index in [1.54, 1.807) is 0 Å². The smallest absolute Gasteiger partial charge is 0.407 e. The van der Waals surface area contributed by atoms with E-state index in [9.17, 15) is 4.79 Å². The molecule has 1 aliphatic rings. The summed E-state index contributed by atoms with van der Waals surface area (Å²) in [5, 5.41) is 18.4. The van der Waals surface area contributed by atoms with E-state index in [2.05, 4.69) is 0 Å². The molecule has 0 aromatic rings. The van der Waals surface area contributed by atoms with E-state index in [-0.39, 0.29) is 0 Å². The summed E-state index contributed by atoms with van der Waals surface area (Å²) < 4.78 is 0. The van der Waals surface area contributed by atoms with Gasteiger partial charge in [0.05, 0.1) is 0 Å². The van der Waals surface area contributed by atoms with Gasteiger partial charge >= 0.3 is 6.09 Å². The Bertz CT molecular complexity index is 131. The number of carbonyl (C=O) groups is 1. The topological polar surface area (TPSA) is 64.0 Å². The second kappa shape index (κ2) is 2.85. The van der Waals surface area contributed by atoms with Crippen LogP contribution in [0, 0.1) is 0 Å². The maximum absolute atomic E-state index is 10.3. The zero-order chi connectivity index (χ0) is 7.56. The van der Waals surface area contributed by atoms with Gasteiger partial charge in [-0.3, -0.25) is 0 Å². The molecule has 1 saturated heterocycles. The molecule has 0 unspecified atom stereocenters. The van der Waals surface area contributed by atoms with Crippen molar-refractivity contribution in [1.82, 2.24) is 9.96 Å². The summed E-state index contributed by atoms with van der Waals surface area (Å²) in [6.45, 7) is 1.61. The summed E-state index contributed by atoms with van der Waals surface area (Å²) in [6.07, 6.45) is -0.909. The standard InChI is InChI=1S/C5H10N2O3/c8-5(9)6-1-3-7(10)4-2-6/h10H,1-4H2,(H,8,9). The third-order valence-corrected chi connectivity index (χ3v) is 1.53. The fraction of sp³-hybridized carbons (Fsp3) is 0.800. The normalized spacial score (nSPS) is 21.1. The Kier molecular flexibility index (Phi) is 2.08. The molecule has 0 atom stereocenters. The number of rotatable bonds is 0. The van der Waals surface area contributed by atoms with Gasteiger partial charge in [-0.2, -0.15) is 5.06 Å². The van der Waals surface area contributed by atoms with Crippen LogP contribution in [0.25, 0.3) is 0 Å². The monoisotopic (exact) mass is 146 g/mol. The number of piperazine rings is 1. The van der Waals surface area contributed by atoms with Crippen molar-refractivity contribution in [3.8, 4) is 0 Å². The molecule has 1 fully saturated rings. The average molecular weight is 146 g/mol. The second-order valence-corrected chi connectivity index (χ2v) is 2.22. The van der Waals surface area contributed by atoms with Gasteiger partial charge in [-0.1, -0.05) is 0 Å². The van der Waals surface area contributed by atoms with E-state index in [1.807, 2.05) is 0 Å². The summed E-state index contributed by atoms with van der Waals surface area (Å²) >= 11 is 0. The first-order chi connectivity index (χ1) is 4.70. The van der Waals surface area contributed by atoms with Gasteiger partial charge in [-0.05, 0) is 0 Å². The lowest BCUT2D eigenvalue weighted by molar-refractivity contribution is -0.113. The van der Waals surface area contributed by atoms with Gasteiger partial charge in [0.2, 0.25) is 0 Å². The molecule has 0 aromatic carbocycles. The Morgan fingerprint density at radius 3 is 2.10 bits per heavy atom. The van der Waals surface area contributed by atoms with Crippen LogP contribution in [0.1, 0.15) is 0 Å². The molecule has 1 amide bonds. The molecular weight excluding hydrogens is 136 g/mol. The molecule has 1 heterocycles. The Labute approximate surface area is 58.4 Å². The Balaban J connectivity index is 2.33. The van der Waals surface area contributed by atoms with E-state index in [4.69, 9.17) is 10.3 Å². The first-order valence-electron chi connectivity index (χ1n) is 3.12. The van der Waals surface area contributed by atoms with E-state index < -0.39 is 6.09 Å². The van der Waals surface area contributed by atoms with Crippen molar-refractivity contribution >= 4 is 6.09 Å². The van der Waals surface area contributed by atoms with Crippen LogP contribution < -0.4 is 0 Å². The molecule has 0 aliphatic carbocycles. The highest BCUT2D eigenvalue weighted by atomic mass is 16.5. The molecule has 0 radical (unpaired) electrons. The Morgan fingerprint density at radius 1 is 1.20 bits per heavy atom. The van der Waals surface area contributed by atoms with Crippen LogP contribution in [-0.2, 0) is 0 Å². The van der Waals surface area contributed by atoms with Crippen LogP contribution in [0.5, 0.6) is 0 Å². The van der Waals surface area contributed by atoms with Crippen molar-refractivity contribution in [2.24, 2.45) is 0 Å². The van der Waals surface area contributed by atoms with E-state index in [0.717, 1.165) is 5.06 Å². The highest BCUT2D eigenvalue weighted by Gasteiger charge is 2.18. The van der Waals surface area contributed by atoms with E-state index in [1.165, 1.54) is 4.90 Å². The quantitative estimate of drug-likeness (QED) is 0.491. The van der Waals surface area contributed by atoms with E-state index in [0.29, 0.717) is 26.2 Å². The van der Waals surface area contributed by atoms with Crippen molar-refractivity contribution in [2.75, 3.05) is 26.2 Å². The van der Waals surface area contributed by atoms with Crippen LogP contribution in [0.15, 0.2) is 0 Å². The second-order valence-electron chi connectivity index (χ2n) is 2.22. The van der Waals surface area contributed by atoms with Crippen LogP contribution in [0.4, 0.5) is 4.79 Å². The zero-order valence-corrected chi connectivity index (χ0v) is 5.53. The van der Waals surface area contributed by atoms with Gasteiger partial charge in [-0.15, -0.1) is 0 Å². The number of amides is 1. The van der Waals surface area contributed by atoms with Crippen molar-refractivity contribution in [2.45, 2.75) is 0 Å². The summed E-state index contributed by atoms with van der Waals surface area (Å²) in [5.74, 6) is 0. The predicted octanol–water partition coefficient (Wildman–Crippen LogP) is -0.329. The minimum absolute atomic E-state index is 0.395. The largest absolute Gasteiger partial charge is 0.465 e. The fourth-order valence-electron chi connectivity index (χ4n) is 0.887. The van der Waals surface area contributed by atoms with Gasteiger partial charge in [0.25, 0.3) is 0 Å². The lowest BCUT2D eigenvalue weighted by Gasteiger charge is -2.28. The summed E-state index contributed by atoms with van der Waals surface area (Å²) in [7, 11) is 0. The molecule has 1 aliphatic heterocycles. The average Bonchev–Trinajstić information content (AvgIpc) is 1.88. The number of carboxylic acid groups (broad SMARTS) is 1. The van der Waals surface area contributed by atoms with Crippen LogP contribution in [-0.4, -0.2) is 52.5 Å². The molecule has 5 heteroatoms. The maximum Gasteiger partial charge on any atom is 0.407 e. The van der Waals surface area contributed by atoms with Crippen LogP contribution in [0.3, 0.4) is 0 Å². The summed E-state index contributed by atoms with van der Waals surface area (Å²) in [6, 6.07) is 0. The van der Waals surface area contributed by atoms with Crippen molar-refractivity contribution in [3.63, 3.8) is 0 Å². The first-order valence-corrected chi connectivity index (χ1v) is 3.12. The summed E-state index contributed by atoms with van der Waals surface area (Å²) in [5.41, 5.74) is 0. The molecule has 5 nitrogen and oxygen atoms in total. The molecule has 0 bridgehead atoms. The number of hydrogen-bond acceptors (Lipinski definition) is 3. The Morgan fingerprint density at radius 2 is 1.70 bits per heavy atom. The Hall–Kier alpha value is -0.810. The number of nitrogens with zero attached hydrogens (tertiary/aromatic N) is 2. The molecular formula is C5H10N2O3. The van der Waals surface area contributed by atoms with Crippen molar-refractivity contribution < 1.29 is 15.1 Å². The molecule has 0 spiro atoms. The fourth-order valence-corrected chi connectivity index (χ4v) is 0.887. The summed E-state index contributed by atoms with van der Waals surface area (Å²) in [4.78, 5) is 11.6. The van der Waals surface area contributed by atoms with Gasteiger partial charge in [-0.25, -0.2) is 4.79 Å². The van der Waals surface area contributed by atoms with E-state index >= 15 is 0 Å². The lowest BCUT2D eigenvalue weighted by atomic mass is 10.4. The van der Waals surface area contributed by atoms with Crippen LogP contribution >= 0.6 is 0 Å². The zero-order valence-electron chi connectivity index (χ0n) is 5.53. The minimum Gasteiger partial charge on any atom is -0.465 e. The lowest BCUT2D eigenvalue weighted by Crippen LogP contribution is -2.46. The molecule has 1 rings (SSSR count). The molecule has 10 heavy (non-hydrogen) atoms. The molecule has 0 aromatic heterocycles. The highest BCUT2D eigenvalue weighted by molar-refractivity contribution is 5.65. The van der Waals surface area contributed by atoms with Crippen LogP contribution in [0.2, 0.25) is 0 Å². The highest BCUT2D eigenvalue weighted by Crippen LogP contribution is 1.97. The number of hydrogen-bond donors (Lipinski definition) is 2. The molecule has 0 saturated carbocycles. The van der Waals surface area contributed by atoms with Crippen molar-refractivity contribution in [1.29, 1.82) is 0 Å². The molecule has 2 N–H and O–H groups in total. The predicted molar refractivity (Wildman–Crippen MR) is 33.0 cm³/mol. The molecule has 58 valence electrons. The van der Waals surface area contributed by atoms with Gasteiger partial charge in [0.15, 0.2) is 0 Å². The van der Waals surface area contributed by atoms with Gasteiger partial charge < -0.3 is 15.2 Å². The van der Waals surface area contributed by atoms with Crippen molar-refractivity contribution in [3.05, 3.63) is 0 Å². The first kappa shape index (κ1) is 7.30.